The van der Waals surface area contributed by atoms with E-state index in [9.17, 15) is 14.2 Å². The van der Waals surface area contributed by atoms with Crippen LogP contribution in [0.15, 0.2) is 70.5 Å². The number of hydrogen-bond acceptors (Lipinski definition) is 8. The lowest BCUT2D eigenvalue weighted by Gasteiger charge is -2.53. The van der Waals surface area contributed by atoms with E-state index in [1.54, 1.807) is 27.5 Å². The van der Waals surface area contributed by atoms with Crippen LogP contribution in [0.5, 0.6) is 5.75 Å². The number of nitrogens with zero attached hydrogens (tertiary/aromatic N) is 3. The van der Waals surface area contributed by atoms with E-state index in [0.717, 1.165) is 40.2 Å². The maximum Gasteiger partial charge on any atom is 0.472 e. The summed E-state index contributed by atoms with van der Waals surface area (Å²) in [5.41, 5.74) is 2.26. The molecule has 40 heavy (non-hydrogen) atoms. The van der Waals surface area contributed by atoms with Gasteiger partial charge in [0.1, 0.15) is 6.17 Å². The Labute approximate surface area is 233 Å². The van der Waals surface area contributed by atoms with E-state index in [0.29, 0.717) is 6.54 Å². The maximum atomic E-state index is 14.1. The van der Waals surface area contributed by atoms with Crippen molar-refractivity contribution in [1.82, 2.24) is 9.58 Å². The van der Waals surface area contributed by atoms with Crippen LogP contribution in [0.3, 0.4) is 0 Å². The minimum atomic E-state index is -4.86. The van der Waals surface area contributed by atoms with Gasteiger partial charge in [0.15, 0.2) is 5.69 Å². The van der Waals surface area contributed by atoms with Gasteiger partial charge in [0, 0.05) is 22.9 Å². The summed E-state index contributed by atoms with van der Waals surface area (Å²) in [7, 11) is -4.86. The molecule has 2 N–H and O–H groups in total. The molecule has 1 amide bonds. The van der Waals surface area contributed by atoms with Gasteiger partial charge < -0.3 is 24.2 Å². The summed E-state index contributed by atoms with van der Waals surface area (Å²) < 4.78 is 29.2. The number of pyridine rings is 1. The normalized spacial score (nSPS) is 22.6. The molecule has 3 aromatic rings. The minimum Gasteiger partial charge on any atom is -0.460 e. The quantitative estimate of drug-likeness (QED) is 0.342. The molecule has 1 spiro atoms. The van der Waals surface area contributed by atoms with Crippen molar-refractivity contribution in [2.45, 2.75) is 41.3 Å². The fourth-order valence-corrected chi connectivity index (χ4v) is 7.10. The Morgan fingerprint density at radius 3 is 2.58 bits per heavy atom. The van der Waals surface area contributed by atoms with E-state index in [2.05, 4.69) is 33.8 Å². The Kier molecular flexibility index (Phi) is 6.12. The number of ether oxygens (including phenoxy) is 2. The van der Waals surface area contributed by atoms with Crippen molar-refractivity contribution in [3.8, 4) is 5.75 Å². The lowest BCUT2D eigenvalue weighted by molar-refractivity contribution is -0.0791. The number of amides is 1. The highest BCUT2D eigenvalue weighted by Gasteiger charge is 2.55. The van der Waals surface area contributed by atoms with Gasteiger partial charge in [-0.25, -0.2) is 9.09 Å². The number of fused-ring (bicyclic) bond motifs is 4. The second-order valence-electron chi connectivity index (χ2n) is 10.3. The first-order valence-electron chi connectivity index (χ1n) is 12.9. The Balaban J connectivity index is 1.43. The fourth-order valence-electron chi connectivity index (χ4n) is 5.82. The molecule has 4 aliphatic rings. The second-order valence-corrected chi connectivity index (χ2v) is 12.6. The molecule has 7 rings (SSSR count). The molecule has 1 saturated carbocycles. The van der Waals surface area contributed by atoms with Gasteiger partial charge in [-0.15, -0.1) is 11.8 Å². The third-order valence-electron chi connectivity index (χ3n) is 7.85. The summed E-state index contributed by atoms with van der Waals surface area (Å²) in [5, 5.41) is 2.06. The van der Waals surface area contributed by atoms with E-state index in [1.807, 2.05) is 24.3 Å². The number of rotatable bonds is 5. The van der Waals surface area contributed by atoms with Gasteiger partial charge in [0.05, 0.1) is 24.8 Å². The SMILES string of the molecule is O=C1c2c(OCOP(=O)(O)O)c(=O)ccn2N([C@H]2c3ccccc3CSc3ccccc32)[C@@H]2COC3(CC3)CN12. The summed E-state index contributed by atoms with van der Waals surface area (Å²) in [6.45, 7) is -0.256. The molecular weight excluding hydrogens is 557 g/mol. The lowest BCUT2D eigenvalue weighted by atomic mass is 9.93. The fraction of sp³-hybridized carbons (Fsp3) is 0.333. The summed E-state index contributed by atoms with van der Waals surface area (Å²) in [5.74, 6) is 0.0322. The van der Waals surface area contributed by atoms with E-state index in [4.69, 9.17) is 19.3 Å². The third kappa shape index (κ3) is 4.36. The zero-order valence-corrected chi connectivity index (χ0v) is 22.9. The lowest BCUT2D eigenvalue weighted by Crippen LogP contribution is -2.68. The number of phosphoric ester groups is 1. The molecule has 2 fully saturated rings. The van der Waals surface area contributed by atoms with Crippen LogP contribution in [0.4, 0.5) is 0 Å². The van der Waals surface area contributed by atoms with Crippen LogP contribution >= 0.6 is 19.6 Å². The van der Waals surface area contributed by atoms with Gasteiger partial charge in [-0.3, -0.25) is 19.3 Å². The van der Waals surface area contributed by atoms with Crippen molar-refractivity contribution in [3.63, 3.8) is 0 Å². The second kappa shape index (κ2) is 9.47. The predicted octanol–water partition coefficient (Wildman–Crippen LogP) is 2.97. The van der Waals surface area contributed by atoms with Crippen molar-refractivity contribution in [2.75, 3.05) is 25.0 Å². The summed E-state index contributed by atoms with van der Waals surface area (Å²) >= 11 is 1.75. The van der Waals surface area contributed by atoms with Crippen LogP contribution in [0, 0.1) is 0 Å². The molecule has 3 aliphatic heterocycles. The number of carbonyl (C=O) groups excluding carboxylic acids is 1. The molecule has 1 saturated heterocycles. The first kappa shape index (κ1) is 25.8. The number of carbonyl (C=O) groups is 1. The Hall–Kier alpha value is -3.12. The standard InChI is InChI=1S/C27H26N3O8PS/c31-20-9-12-29-24(25(20)36-16-38-39(33,34)35)26(32)28-15-27(10-11-27)37-13-22(28)30(29)23-18-6-2-1-5-17(18)14-40-21-8-4-3-7-19(21)23/h1-9,12,22-23H,10-11,13-16H2,(H2,33,34,35)/t22-,23+/m1/s1. The van der Waals surface area contributed by atoms with Crippen LogP contribution in [-0.4, -0.2) is 57.0 Å². The number of phosphoric acid groups is 1. The highest BCUT2D eigenvalue weighted by molar-refractivity contribution is 7.98. The number of benzene rings is 2. The summed E-state index contributed by atoms with van der Waals surface area (Å²) in [6.07, 6.45) is 2.75. The zero-order valence-electron chi connectivity index (χ0n) is 21.2. The molecule has 11 nitrogen and oxygen atoms in total. The topological polar surface area (TPSA) is 131 Å². The first-order valence-corrected chi connectivity index (χ1v) is 15.4. The number of thioether (sulfide) groups is 1. The Morgan fingerprint density at radius 2 is 1.80 bits per heavy atom. The Bertz CT molecular complexity index is 1570. The van der Waals surface area contributed by atoms with E-state index >= 15 is 0 Å². The number of aromatic nitrogens is 1. The molecular formula is C27H26N3O8PS. The van der Waals surface area contributed by atoms with Crippen molar-refractivity contribution >= 4 is 25.5 Å². The molecule has 4 heterocycles. The first-order chi connectivity index (χ1) is 19.2. The molecule has 2 aromatic carbocycles. The summed E-state index contributed by atoms with van der Waals surface area (Å²) in [6, 6.07) is 17.3. The number of morpholine rings is 1. The van der Waals surface area contributed by atoms with Gasteiger partial charge in [-0.2, -0.15) is 0 Å². The van der Waals surface area contributed by atoms with Crippen LogP contribution in [0.25, 0.3) is 0 Å². The van der Waals surface area contributed by atoms with Crippen LogP contribution in [0.2, 0.25) is 0 Å². The molecule has 1 aliphatic carbocycles. The van der Waals surface area contributed by atoms with Crippen LogP contribution in [-0.2, 0) is 19.6 Å². The van der Waals surface area contributed by atoms with Gasteiger partial charge in [-0.05, 0) is 35.6 Å². The van der Waals surface area contributed by atoms with Gasteiger partial charge in [-0.1, -0.05) is 42.5 Å². The highest BCUT2D eigenvalue weighted by atomic mass is 32.2. The average molecular weight is 584 g/mol. The summed E-state index contributed by atoms with van der Waals surface area (Å²) in [4.78, 5) is 48.2. The monoisotopic (exact) mass is 583 g/mol. The van der Waals surface area contributed by atoms with Crippen molar-refractivity contribution in [1.29, 1.82) is 0 Å². The predicted molar refractivity (Wildman–Crippen MR) is 145 cm³/mol. The molecule has 0 bridgehead atoms. The Morgan fingerprint density at radius 1 is 1.05 bits per heavy atom. The van der Waals surface area contributed by atoms with Crippen molar-refractivity contribution < 1.29 is 33.1 Å². The number of hydrogen-bond donors (Lipinski definition) is 2. The third-order valence-corrected chi connectivity index (χ3v) is 9.43. The highest BCUT2D eigenvalue weighted by Crippen LogP contribution is 2.48. The van der Waals surface area contributed by atoms with Crippen LogP contribution in [0.1, 0.15) is 46.1 Å². The van der Waals surface area contributed by atoms with Gasteiger partial charge in [0.25, 0.3) is 5.91 Å². The van der Waals surface area contributed by atoms with E-state index in [1.165, 1.54) is 6.07 Å². The molecule has 13 heteroatoms. The largest absolute Gasteiger partial charge is 0.472 e. The van der Waals surface area contributed by atoms with Crippen molar-refractivity contribution in [3.05, 3.63) is 93.4 Å². The maximum absolute atomic E-state index is 14.1. The van der Waals surface area contributed by atoms with Crippen LogP contribution < -0.4 is 15.2 Å². The van der Waals surface area contributed by atoms with E-state index in [-0.39, 0.29) is 24.1 Å². The minimum absolute atomic E-state index is 0.0253. The molecule has 1 aromatic heterocycles. The van der Waals surface area contributed by atoms with Gasteiger partial charge >= 0.3 is 7.82 Å². The molecule has 2 atom stereocenters. The molecule has 0 unspecified atom stereocenters. The average Bonchev–Trinajstić information content (AvgIpc) is 3.71. The van der Waals surface area contributed by atoms with Gasteiger partial charge in [0.2, 0.25) is 18.0 Å². The zero-order chi connectivity index (χ0) is 27.6. The molecule has 208 valence electrons. The van der Waals surface area contributed by atoms with Crippen molar-refractivity contribution in [2.24, 2.45) is 0 Å². The van der Waals surface area contributed by atoms with E-state index < -0.39 is 37.7 Å². The molecule has 0 radical (unpaired) electrons. The smallest absolute Gasteiger partial charge is 0.460 e.